The summed E-state index contributed by atoms with van der Waals surface area (Å²) in [5.41, 5.74) is 3.06. The molecule has 0 amide bonds. The summed E-state index contributed by atoms with van der Waals surface area (Å²) in [7, 11) is 1.57. The summed E-state index contributed by atoms with van der Waals surface area (Å²) in [4.78, 5) is 43.1. The SMILES string of the molecule is CCOC(=O)C1=C(C)N=c2s/c(=C/c3ccc(OCc4ccc(C(=O)O)cc4)cc3)c(=O)n2[C@H]1c1ccc(OC)c(Br)c1. The Kier molecular flexibility index (Phi) is 8.93. The number of thiazole rings is 1. The highest BCUT2D eigenvalue weighted by atomic mass is 79.9. The van der Waals surface area contributed by atoms with Gasteiger partial charge in [-0.3, -0.25) is 9.36 Å². The number of hydrogen-bond donors (Lipinski definition) is 1. The van der Waals surface area contributed by atoms with E-state index in [2.05, 4.69) is 20.9 Å². The third-order valence-electron chi connectivity index (χ3n) is 6.79. The second-order valence-electron chi connectivity index (χ2n) is 9.56. The van der Waals surface area contributed by atoms with Crippen LogP contribution in [0.15, 0.2) is 92.3 Å². The number of carbonyl (C=O) groups is 2. The highest BCUT2D eigenvalue weighted by Crippen LogP contribution is 2.35. The molecule has 0 radical (unpaired) electrons. The number of carboxylic acid groups (broad SMARTS) is 1. The molecule has 0 saturated carbocycles. The molecule has 220 valence electrons. The Labute approximate surface area is 259 Å². The molecular weight excluding hydrogens is 636 g/mol. The van der Waals surface area contributed by atoms with E-state index < -0.39 is 18.0 Å². The number of fused-ring (bicyclic) bond motifs is 1. The minimum Gasteiger partial charge on any atom is -0.496 e. The molecule has 0 fully saturated rings. The predicted molar refractivity (Wildman–Crippen MR) is 165 cm³/mol. The van der Waals surface area contributed by atoms with Crippen LogP contribution in [0.5, 0.6) is 11.5 Å². The molecule has 0 aliphatic carbocycles. The molecule has 1 aromatic heterocycles. The van der Waals surface area contributed by atoms with Gasteiger partial charge >= 0.3 is 11.9 Å². The van der Waals surface area contributed by atoms with Gasteiger partial charge in [0.25, 0.3) is 5.56 Å². The van der Waals surface area contributed by atoms with Gasteiger partial charge in [0.05, 0.1) is 45.6 Å². The van der Waals surface area contributed by atoms with E-state index in [0.29, 0.717) is 42.1 Å². The van der Waals surface area contributed by atoms with Crippen molar-refractivity contribution < 1.29 is 28.9 Å². The molecule has 1 N–H and O–H groups in total. The van der Waals surface area contributed by atoms with Gasteiger partial charge in [-0.05, 0) is 88.9 Å². The summed E-state index contributed by atoms with van der Waals surface area (Å²) in [5, 5.41) is 9.05. The lowest BCUT2D eigenvalue weighted by Gasteiger charge is -2.25. The van der Waals surface area contributed by atoms with Gasteiger partial charge in [0, 0.05) is 0 Å². The number of aromatic carboxylic acids is 1. The zero-order valence-corrected chi connectivity index (χ0v) is 25.9. The number of carboxylic acids is 1. The number of aromatic nitrogens is 1. The number of esters is 1. The van der Waals surface area contributed by atoms with Gasteiger partial charge in [-0.1, -0.05) is 41.7 Å². The first-order chi connectivity index (χ1) is 20.7. The Bertz CT molecular complexity index is 1910. The van der Waals surface area contributed by atoms with Gasteiger partial charge in [0.2, 0.25) is 0 Å². The third-order valence-corrected chi connectivity index (χ3v) is 8.40. The van der Waals surface area contributed by atoms with Crippen LogP contribution in [0.3, 0.4) is 0 Å². The van der Waals surface area contributed by atoms with Gasteiger partial charge in [0.15, 0.2) is 4.80 Å². The van der Waals surface area contributed by atoms with Crippen molar-refractivity contribution in [3.63, 3.8) is 0 Å². The van der Waals surface area contributed by atoms with Crippen LogP contribution in [0.2, 0.25) is 0 Å². The molecule has 11 heteroatoms. The van der Waals surface area contributed by atoms with E-state index in [0.717, 1.165) is 11.1 Å². The minimum atomic E-state index is -0.977. The zero-order valence-electron chi connectivity index (χ0n) is 23.5. The molecule has 0 bridgehead atoms. The smallest absolute Gasteiger partial charge is 0.338 e. The number of hydrogen-bond acceptors (Lipinski definition) is 8. The van der Waals surface area contributed by atoms with E-state index in [4.69, 9.17) is 19.3 Å². The zero-order chi connectivity index (χ0) is 30.7. The van der Waals surface area contributed by atoms with Crippen molar-refractivity contribution in [3.8, 4) is 11.5 Å². The van der Waals surface area contributed by atoms with Crippen LogP contribution in [0.25, 0.3) is 6.08 Å². The summed E-state index contributed by atoms with van der Waals surface area (Å²) in [6.07, 6.45) is 1.78. The molecule has 5 rings (SSSR count). The van der Waals surface area contributed by atoms with Gasteiger partial charge in [-0.2, -0.15) is 0 Å². The number of nitrogens with zero attached hydrogens (tertiary/aromatic N) is 2. The van der Waals surface area contributed by atoms with Crippen LogP contribution < -0.4 is 24.4 Å². The number of rotatable bonds is 9. The average Bonchev–Trinajstić information content (AvgIpc) is 3.30. The summed E-state index contributed by atoms with van der Waals surface area (Å²) < 4.78 is 19.3. The molecule has 0 unspecified atom stereocenters. The first-order valence-corrected chi connectivity index (χ1v) is 14.9. The number of carbonyl (C=O) groups excluding carboxylic acids is 1. The van der Waals surface area contributed by atoms with E-state index in [9.17, 15) is 14.4 Å². The number of ether oxygens (including phenoxy) is 3. The number of benzene rings is 3. The van der Waals surface area contributed by atoms with Gasteiger partial charge in [-0.15, -0.1) is 0 Å². The van der Waals surface area contributed by atoms with E-state index in [1.165, 1.54) is 28.0 Å². The van der Waals surface area contributed by atoms with Crippen LogP contribution in [0, 0.1) is 0 Å². The molecule has 0 saturated heterocycles. The molecule has 2 heterocycles. The van der Waals surface area contributed by atoms with Crippen LogP contribution in [-0.4, -0.2) is 35.3 Å². The number of methoxy groups -OCH3 is 1. The Hall–Kier alpha value is -4.48. The molecule has 1 aliphatic rings. The number of allylic oxidation sites excluding steroid dienone is 1. The van der Waals surface area contributed by atoms with E-state index >= 15 is 0 Å². The summed E-state index contributed by atoms with van der Waals surface area (Å²) in [5.74, 6) is -0.253. The minimum absolute atomic E-state index is 0.190. The first-order valence-electron chi connectivity index (χ1n) is 13.3. The molecule has 3 aromatic carbocycles. The molecule has 4 aromatic rings. The summed E-state index contributed by atoms with van der Waals surface area (Å²) in [6, 6.07) is 18.5. The topological polar surface area (TPSA) is 116 Å². The molecule has 1 aliphatic heterocycles. The molecular formula is C32H27BrN2O7S. The maximum Gasteiger partial charge on any atom is 0.338 e. The van der Waals surface area contributed by atoms with Gasteiger partial charge in [-0.25, -0.2) is 14.6 Å². The predicted octanol–water partition coefficient (Wildman–Crippen LogP) is 4.85. The van der Waals surface area contributed by atoms with Crippen molar-refractivity contribution in [2.75, 3.05) is 13.7 Å². The number of halogens is 1. The van der Waals surface area contributed by atoms with Crippen molar-refractivity contribution >= 4 is 45.3 Å². The lowest BCUT2D eigenvalue weighted by Crippen LogP contribution is -2.39. The fourth-order valence-corrected chi connectivity index (χ4v) is 6.29. The normalized spacial score (nSPS) is 14.6. The highest BCUT2D eigenvalue weighted by Gasteiger charge is 2.33. The maximum absolute atomic E-state index is 13.8. The third kappa shape index (κ3) is 6.32. The molecule has 9 nitrogen and oxygen atoms in total. The largest absolute Gasteiger partial charge is 0.496 e. The Morgan fingerprint density at radius 2 is 1.81 bits per heavy atom. The second-order valence-corrected chi connectivity index (χ2v) is 11.4. The fourth-order valence-electron chi connectivity index (χ4n) is 4.68. The van der Waals surface area contributed by atoms with Crippen molar-refractivity contribution in [1.82, 2.24) is 4.57 Å². The van der Waals surface area contributed by atoms with Crippen molar-refractivity contribution in [1.29, 1.82) is 0 Å². The first kappa shape index (κ1) is 30.0. The molecule has 43 heavy (non-hydrogen) atoms. The van der Waals surface area contributed by atoms with E-state index in [1.807, 2.05) is 24.3 Å². The van der Waals surface area contributed by atoms with E-state index in [-0.39, 0.29) is 24.3 Å². The standard InChI is InChI=1S/C32H27BrN2O7S/c1-4-41-31(39)27-18(2)34-32-35(28(27)22-11-14-25(40-3)24(33)16-22)29(36)26(43-32)15-19-7-12-23(13-8-19)42-17-20-5-9-21(10-6-20)30(37)38/h5-16,28H,4,17H2,1-3H3,(H,37,38)/b26-15+/t28-/m0/s1. The maximum atomic E-state index is 13.8. The fraction of sp³-hybridized carbons (Fsp3) is 0.188. The van der Waals surface area contributed by atoms with E-state index in [1.54, 1.807) is 57.4 Å². The van der Waals surface area contributed by atoms with Crippen molar-refractivity contribution in [2.45, 2.75) is 26.5 Å². The monoisotopic (exact) mass is 662 g/mol. The Morgan fingerprint density at radius 1 is 1.09 bits per heavy atom. The van der Waals surface area contributed by atoms with Crippen LogP contribution in [0.1, 0.15) is 46.9 Å². The average molecular weight is 664 g/mol. The molecule has 1 atom stereocenters. The summed E-state index contributed by atoms with van der Waals surface area (Å²) in [6.45, 7) is 3.95. The highest BCUT2D eigenvalue weighted by molar-refractivity contribution is 9.10. The van der Waals surface area contributed by atoms with Crippen molar-refractivity contribution in [3.05, 3.63) is 124 Å². The van der Waals surface area contributed by atoms with Crippen molar-refractivity contribution in [2.24, 2.45) is 4.99 Å². The quantitative estimate of drug-likeness (QED) is 0.255. The lowest BCUT2D eigenvalue weighted by atomic mass is 9.96. The molecule has 0 spiro atoms. The summed E-state index contributed by atoms with van der Waals surface area (Å²) >= 11 is 4.76. The van der Waals surface area contributed by atoms with Gasteiger partial charge < -0.3 is 19.3 Å². The lowest BCUT2D eigenvalue weighted by molar-refractivity contribution is -0.139. The van der Waals surface area contributed by atoms with Crippen LogP contribution in [-0.2, 0) is 16.1 Å². The Morgan fingerprint density at radius 3 is 2.44 bits per heavy atom. The van der Waals surface area contributed by atoms with Crippen LogP contribution in [0.4, 0.5) is 0 Å². The Balaban J connectivity index is 1.47. The second kappa shape index (κ2) is 12.8. The van der Waals surface area contributed by atoms with Gasteiger partial charge in [0.1, 0.15) is 18.1 Å². The van der Waals surface area contributed by atoms with Crippen LogP contribution >= 0.6 is 27.3 Å².